The highest BCUT2D eigenvalue weighted by Crippen LogP contribution is 2.29. The molecule has 1 saturated heterocycles. The normalized spacial score (nSPS) is 15.4. The van der Waals surface area contributed by atoms with Crippen LogP contribution in [0.5, 0.6) is 0 Å². The third-order valence-electron chi connectivity index (χ3n) is 2.61. The summed E-state index contributed by atoms with van der Waals surface area (Å²) in [6.45, 7) is 1.83. The van der Waals surface area contributed by atoms with Gasteiger partial charge in [-0.2, -0.15) is 5.26 Å². The fourth-order valence-electron chi connectivity index (χ4n) is 1.85. The van der Waals surface area contributed by atoms with Gasteiger partial charge in [0.1, 0.15) is 11.9 Å². The van der Waals surface area contributed by atoms with Gasteiger partial charge < -0.3 is 4.90 Å². The Morgan fingerprint density at radius 1 is 1.33 bits per heavy atom. The minimum atomic E-state index is -0.531. The van der Waals surface area contributed by atoms with Gasteiger partial charge in [-0.15, -0.1) is 0 Å². The fraction of sp³-hybridized carbons (Fsp3) is 0.364. The lowest BCUT2D eigenvalue weighted by Crippen LogP contribution is -2.18. The zero-order chi connectivity index (χ0) is 10.8. The Kier molecular flexibility index (Phi) is 2.79. The van der Waals surface area contributed by atoms with Crippen molar-refractivity contribution in [3.05, 3.63) is 28.5 Å². The molecule has 2 nitrogen and oxygen atoms in total. The molecule has 1 fully saturated rings. The van der Waals surface area contributed by atoms with Crippen LogP contribution in [0.25, 0.3) is 0 Å². The number of nitrogens with zero attached hydrogens (tertiary/aromatic N) is 2. The molecule has 0 radical (unpaired) electrons. The van der Waals surface area contributed by atoms with Crippen LogP contribution in [0.4, 0.5) is 10.1 Å². The Hall–Kier alpha value is -1.27. The molecule has 1 aromatic rings. The molecular formula is C11H10ClFN2. The van der Waals surface area contributed by atoms with Crippen LogP contribution in [0.2, 0.25) is 5.02 Å². The van der Waals surface area contributed by atoms with Crippen LogP contribution < -0.4 is 4.90 Å². The van der Waals surface area contributed by atoms with E-state index >= 15 is 0 Å². The standard InChI is InChI=1S/C11H10ClFN2/c12-9-6-11(15-3-1-2-4-15)8(7-14)5-10(9)13/h5-6H,1-4H2. The molecule has 0 unspecified atom stereocenters. The van der Waals surface area contributed by atoms with Crippen LogP contribution in [0.3, 0.4) is 0 Å². The van der Waals surface area contributed by atoms with Gasteiger partial charge in [-0.1, -0.05) is 11.6 Å². The van der Waals surface area contributed by atoms with Gasteiger partial charge in [0, 0.05) is 13.1 Å². The van der Waals surface area contributed by atoms with E-state index in [4.69, 9.17) is 16.9 Å². The van der Waals surface area contributed by atoms with Crippen molar-refractivity contribution in [3.63, 3.8) is 0 Å². The first-order valence-electron chi connectivity index (χ1n) is 4.86. The van der Waals surface area contributed by atoms with Gasteiger partial charge in [-0.3, -0.25) is 0 Å². The number of hydrogen-bond acceptors (Lipinski definition) is 2. The number of rotatable bonds is 1. The highest BCUT2D eigenvalue weighted by molar-refractivity contribution is 6.31. The van der Waals surface area contributed by atoms with Crippen molar-refractivity contribution in [2.45, 2.75) is 12.8 Å². The van der Waals surface area contributed by atoms with Crippen molar-refractivity contribution in [3.8, 4) is 6.07 Å². The number of nitriles is 1. The molecule has 15 heavy (non-hydrogen) atoms. The molecule has 1 aliphatic rings. The average molecular weight is 225 g/mol. The Balaban J connectivity index is 2.45. The van der Waals surface area contributed by atoms with Crippen molar-refractivity contribution >= 4 is 17.3 Å². The van der Waals surface area contributed by atoms with E-state index in [1.165, 1.54) is 6.07 Å². The van der Waals surface area contributed by atoms with Crippen LogP contribution >= 0.6 is 11.6 Å². The second-order valence-corrected chi connectivity index (χ2v) is 4.00. The predicted octanol–water partition coefficient (Wildman–Crippen LogP) is 2.95. The van der Waals surface area contributed by atoms with Gasteiger partial charge in [0.05, 0.1) is 16.3 Å². The monoisotopic (exact) mass is 224 g/mol. The molecule has 0 saturated carbocycles. The molecule has 0 bridgehead atoms. The molecular weight excluding hydrogens is 215 g/mol. The second-order valence-electron chi connectivity index (χ2n) is 3.59. The third kappa shape index (κ3) is 1.91. The molecule has 0 N–H and O–H groups in total. The summed E-state index contributed by atoms with van der Waals surface area (Å²) < 4.78 is 13.1. The van der Waals surface area contributed by atoms with E-state index in [2.05, 4.69) is 4.90 Å². The lowest BCUT2D eigenvalue weighted by Gasteiger charge is -2.19. The minimum Gasteiger partial charge on any atom is -0.370 e. The summed E-state index contributed by atoms with van der Waals surface area (Å²) in [5, 5.41) is 8.99. The molecule has 1 aliphatic heterocycles. The van der Waals surface area contributed by atoms with Gasteiger partial charge in [-0.25, -0.2) is 4.39 Å². The predicted molar refractivity (Wildman–Crippen MR) is 57.6 cm³/mol. The lowest BCUT2D eigenvalue weighted by atomic mass is 10.1. The van der Waals surface area contributed by atoms with E-state index in [9.17, 15) is 4.39 Å². The van der Waals surface area contributed by atoms with Crippen LogP contribution in [0.1, 0.15) is 18.4 Å². The van der Waals surface area contributed by atoms with Crippen LogP contribution in [-0.2, 0) is 0 Å². The van der Waals surface area contributed by atoms with Crippen molar-refractivity contribution in [2.24, 2.45) is 0 Å². The molecule has 0 aliphatic carbocycles. The largest absolute Gasteiger partial charge is 0.370 e. The number of halogens is 2. The van der Waals surface area contributed by atoms with Crippen molar-refractivity contribution < 1.29 is 4.39 Å². The quantitative estimate of drug-likeness (QED) is 0.733. The van der Waals surface area contributed by atoms with Gasteiger partial charge >= 0.3 is 0 Å². The van der Waals surface area contributed by atoms with Gasteiger partial charge in [0.2, 0.25) is 0 Å². The molecule has 1 heterocycles. The topological polar surface area (TPSA) is 27.0 Å². The maximum absolute atomic E-state index is 13.1. The smallest absolute Gasteiger partial charge is 0.143 e. The summed E-state index contributed by atoms with van der Waals surface area (Å²) in [6.07, 6.45) is 2.22. The van der Waals surface area contributed by atoms with Crippen molar-refractivity contribution in [1.29, 1.82) is 5.26 Å². The minimum absolute atomic E-state index is 0.0795. The Morgan fingerprint density at radius 3 is 2.60 bits per heavy atom. The van der Waals surface area contributed by atoms with Gasteiger partial charge in [0.25, 0.3) is 0 Å². The molecule has 2 rings (SSSR count). The molecule has 0 amide bonds. The Labute approximate surface area is 92.9 Å². The first-order valence-corrected chi connectivity index (χ1v) is 5.24. The van der Waals surface area contributed by atoms with E-state index in [1.54, 1.807) is 6.07 Å². The zero-order valence-electron chi connectivity index (χ0n) is 8.13. The summed E-state index contributed by atoms with van der Waals surface area (Å²) in [7, 11) is 0. The maximum Gasteiger partial charge on any atom is 0.143 e. The summed E-state index contributed by atoms with van der Waals surface area (Å²) in [5.74, 6) is -0.531. The van der Waals surface area contributed by atoms with Crippen LogP contribution in [0.15, 0.2) is 12.1 Å². The van der Waals surface area contributed by atoms with E-state index in [0.29, 0.717) is 5.56 Å². The first kappa shape index (κ1) is 10.3. The molecule has 0 atom stereocenters. The lowest BCUT2D eigenvalue weighted by molar-refractivity contribution is 0.627. The molecule has 1 aromatic carbocycles. The van der Waals surface area contributed by atoms with E-state index in [0.717, 1.165) is 31.6 Å². The highest BCUT2D eigenvalue weighted by atomic mass is 35.5. The highest BCUT2D eigenvalue weighted by Gasteiger charge is 2.17. The van der Waals surface area contributed by atoms with E-state index < -0.39 is 5.82 Å². The molecule has 78 valence electrons. The average Bonchev–Trinajstić information content (AvgIpc) is 2.74. The van der Waals surface area contributed by atoms with Crippen LogP contribution in [0, 0.1) is 17.1 Å². The fourth-order valence-corrected chi connectivity index (χ4v) is 2.00. The summed E-state index contributed by atoms with van der Waals surface area (Å²) in [5.41, 5.74) is 1.11. The Bertz CT molecular complexity index is 419. The summed E-state index contributed by atoms with van der Waals surface area (Å²) >= 11 is 5.71. The molecule has 0 aromatic heterocycles. The SMILES string of the molecule is N#Cc1cc(F)c(Cl)cc1N1CCCC1. The van der Waals surface area contributed by atoms with Crippen LogP contribution in [-0.4, -0.2) is 13.1 Å². The van der Waals surface area contributed by atoms with Gasteiger partial charge in [0.15, 0.2) is 0 Å². The number of benzene rings is 1. The van der Waals surface area contributed by atoms with Gasteiger partial charge in [-0.05, 0) is 25.0 Å². The van der Waals surface area contributed by atoms with Crippen molar-refractivity contribution in [1.82, 2.24) is 0 Å². The molecule has 0 spiro atoms. The summed E-state index contributed by atoms with van der Waals surface area (Å²) in [4.78, 5) is 2.07. The zero-order valence-corrected chi connectivity index (χ0v) is 8.89. The van der Waals surface area contributed by atoms with E-state index in [-0.39, 0.29) is 5.02 Å². The molecule has 4 heteroatoms. The first-order chi connectivity index (χ1) is 7.22. The second kappa shape index (κ2) is 4.08. The van der Waals surface area contributed by atoms with Crippen molar-refractivity contribution in [2.75, 3.05) is 18.0 Å². The Morgan fingerprint density at radius 2 is 2.00 bits per heavy atom. The van der Waals surface area contributed by atoms with E-state index in [1.807, 2.05) is 6.07 Å². The number of anilines is 1. The summed E-state index contributed by atoms with van der Waals surface area (Å²) in [6, 6.07) is 4.75. The third-order valence-corrected chi connectivity index (χ3v) is 2.90. The maximum atomic E-state index is 13.1. The number of hydrogen-bond donors (Lipinski definition) is 0.